The van der Waals surface area contributed by atoms with Crippen molar-refractivity contribution in [3.63, 3.8) is 0 Å². The lowest BCUT2D eigenvalue weighted by molar-refractivity contribution is -0.384. The van der Waals surface area contributed by atoms with E-state index in [4.69, 9.17) is 38.0 Å². The third kappa shape index (κ3) is 14.5. The second kappa shape index (κ2) is 28.5. The second-order valence-corrected chi connectivity index (χ2v) is 33.2. The van der Waals surface area contributed by atoms with Crippen LogP contribution in [0.2, 0.25) is 18.1 Å². The number of amides is 1. The Morgan fingerprint density at radius 3 is 1.98 bits per heavy atom. The molecule has 3 aliphatic carbocycles. The van der Waals surface area contributed by atoms with Crippen molar-refractivity contribution in [2.75, 3.05) is 6.61 Å². The molecule has 4 aliphatic rings. The average molecular weight is 1340 g/mol. The Morgan fingerprint density at radius 2 is 1.43 bits per heavy atom. The number of fused-ring (bicyclic) bond motifs is 5. The van der Waals surface area contributed by atoms with E-state index in [1.165, 1.54) is 38.1 Å². The number of pyridine rings is 1. The van der Waals surface area contributed by atoms with Crippen LogP contribution in [0.25, 0.3) is 0 Å². The average Bonchev–Trinajstić information content (AvgIpc) is 0.669. The smallest absolute Gasteiger partial charge is 0.456 e. The van der Waals surface area contributed by atoms with Gasteiger partial charge in [-0.05, 0) is 126 Å². The van der Waals surface area contributed by atoms with Gasteiger partial charge in [0.25, 0.3) is 11.6 Å². The SMILES string of the molecule is CC(=O)O[C@@]12COC1C[C@H](OC(=O)Oc1ccc([N+](=O)[O-])cc1)[C@@]1(C)C(=O)[C@H](C)C3=C(C)C(OC(=O)[C@H](O[Si](C)(C)C(C)(C)C)C(NC(=O)c4ccccc4)c4ccccc4)C[C@@](O)([C@@H](OC(=O)c4ccccc4)[C@@H]12)C3(C)C.OCc1ccc(SSc2ccccn2)cc1. The summed E-state index contributed by atoms with van der Waals surface area (Å²) >= 11 is 0. The minimum atomic E-state index is -2.94. The van der Waals surface area contributed by atoms with Gasteiger partial charge in [-0.15, -0.1) is 0 Å². The summed E-state index contributed by atoms with van der Waals surface area (Å²) < 4.78 is 44.5. The van der Waals surface area contributed by atoms with Crippen LogP contribution in [0.5, 0.6) is 5.75 Å². The van der Waals surface area contributed by atoms with E-state index in [2.05, 4.69) is 10.3 Å². The zero-order valence-electron chi connectivity index (χ0n) is 54.3. The molecule has 11 atom stereocenters. The number of aliphatic hydroxyl groups excluding tert-OH is 1. The summed E-state index contributed by atoms with van der Waals surface area (Å²) in [6.45, 7) is 19.2. The van der Waals surface area contributed by atoms with Gasteiger partial charge in [-0.2, -0.15) is 0 Å². The molecule has 1 aromatic heterocycles. The Labute approximate surface area is 555 Å². The first-order valence-electron chi connectivity index (χ1n) is 30.9. The standard InChI is InChI=1S/C59H68N2O16Si.C12H11NOS2/c1-34-42(73-53(66)47(77-78(10,11)55(4,5)6)46(37-21-15-12-16-22-37)60-51(64)38-23-17-13-18-24-38)32-59(68)50(75-52(65)39-25-19-14-20-26-39)48-57(9,49(63)35(2)45(34)56(59,7)8)43(31-44-58(48,33-71-44)76-36(3)62)74-54(67)72-41-29-27-40(28-30-41)61(69)70;14-9-10-4-6-11(7-5-10)15-16-12-3-1-2-8-13-12/h12-30,35,42-44,46-48,50,68H,31-33H2,1-11H3,(H,60,64);1-8,14H,9H2/t35-,42?,43+,44?,46?,47-,48+,50+,57-,58+,59-;/m1./s1. The molecule has 3 fully saturated rings. The molecule has 2 saturated carbocycles. The number of aliphatic hydroxyl groups is 2. The highest BCUT2D eigenvalue weighted by Crippen LogP contribution is 2.65. The van der Waals surface area contributed by atoms with Crippen molar-refractivity contribution in [2.24, 2.45) is 22.7 Å². The molecule has 2 bridgehead atoms. The zero-order chi connectivity index (χ0) is 68.1. The molecular weight excluding hydrogens is 1260 g/mol. The minimum absolute atomic E-state index is 0.0708. The minimum Gasteiger partial charge on any atom is -0.456 e. The number of esters is 3. The highest BCUT2D eigenvalue weighted by molar-refractivity contribution is 8.76. The van der Waals surface area contributed by atoms with Gasteiger partial charge in [0.2, 0.25) is 0 Å². The van der Waals surface area contributed by atoms with Crippen LogP contribution in [-0.4, -0.2) is 113 Å². The maximum absolute atomic E-state index is 16.2. The lowest BCUT2D eigenvalue weighted by Gasteiger charge is -2.67. The highest BCUT2D eigenvalue weighted by atomic mass is 33.1. The van der Waals surface area contributed by atoms with Crippen LogP contribution in [0, 0.1) is 32.8 Å². The lowest BCUT2D eigenvalue weighted by atomic mass is 9.43. The van der Waals surface area contributed by atoms with Crippen molar-refractivity contribution in [3.8, 4) is 5.75 Å². The Morgan fingerprint density at radius 1 is 0.819 bits per heavy atom. The van der Waals surface area contributed by atoms with E-state index in [-0.39, 0.29) is 36.6 Å². The number of rotatable bonds is 18. The summed E-state index contributed by atoms with van der Waals surface area (Å²) in [4.78, 5) is 104. The molecule has 23 heteroatoms. The largest absolute Gasteiger partial charge is 0.514 e. The van der Waals surface area contributed by atoms with Gasteiger partial charge < -0.3 is 48.4 Å². The summed E-state index contributed by atoms with van der Waals surface area (Å²) in [5.41, 5.74) is -5.28. The molecule has 0 radical (unpaired) electrons. The highest BCUT2D eigenvalue weighted by Gasteiger charge is 2.78. The third-order valence-electron chi connectivity index (χ3n) is 19.1. The number of carbonyl (C=O) groups excluding carboxylic acids is 6. The number of benzene rings is 5. The van der Waals surface area contributed by atoms with Gasteiger partial charge in [0.05, 0.1) is 41.1 Å². The van der Waals surface area contributed by atoms with Gasteiger partial charge >= 0.3 is 24.1 Å². The summed E-state index contributed by atoms with van der Waals surface area (Å²) in [6.07, 6.45) is -7.44. The van der Waals surface area contributed by atoms with E-state index in [0.29, 0.717) is 22.3 Å². The maximum atomic E-state index is 16.2. The molecule has 10 rings (SSSR count). The third-order valence-corrected chi connectivity index (χ3v) is 25.9. The number of non-ortho nitro benzene ring substituents is 1. The Kier molecular flexibility index (Phi) is 21.3. The molecule has 1 saturated heterocycles. The first-order chi connectivity index (χ1) is 44.4. The fourth-order valence-corrected chi connectivity index (χ4v) is 16.3. The van der Waals surface area contributed by atoms with Gasteiger partial charge in [0.15, 0.2) is 20.0 Å². The topological polar surface area (TPSA) is 276 Å². The van der Waals surface area contributed by atoms with Gasteiger partial charge in [-0.25, -0.2) is 19.4 Å². The number of aromatic nitrogens is 1. The van der Waals surface area contributed by atoms with E-state index in [1.807, 2.05) is 76.3 Å². The predicted molar refractivity (Wildman–Crippen MR) is 354 cm³/mol. The van der Waals surface area contributed by atoms with E-state index in [0.717, 1.165) is 27.6 Å². The molecule has 3 N–H and O–H groups in total. The molecule has 496 valence electrons. The van der Waals surface area contributed by atoms with Gasteiger partial charge in [-0.1, -0.05) is 137 Å². The van der Waals surface area contributed by atoms with Crippen molar-refractivity contribution >= 4 is 71.3 Å². The summed E-state index contributed by atoms with van der Waals surface area (Å²) in [5.74, 6) is -6.48. The summed E-state index contributed by atoms with van der Waals surface area (Å²) in [5, 5.41) is 38.2. The number of hydrogen-bond donors (Lipinski definition) is 3. The molecule has 1 amide bonds. The van der Waals surface area contributed by atoms with E-state index in [9.17, 15) is 34.4 Å². The predicted octanol–water partition coefficient (Wildman–Crippen LogP) is 13.0. The number of nitrogens with zero attached hydrogens (tertiary/aromatic N) is 2. The number of ketones is 1. The van der Waals surface area contributed by atoms with Gasteiger partial charge in [0, 0.05) is 59.9 Å². The van der Waals surface area contributed by atoms with Crippen LogP contribution in [0.4, 0.5) is 10.5 Å². The normalized spacial score (nSPS) is 25.1. The molecular formula is C71H79N3O17S2Si. The Hall–Kier alpha value is -8.03. The molecule has 5 aromatic carbocycles. The van der Waals surface area contributed by atoms with Crippen LogP contribution in [-0.2, 0) is 49.1 Å². The summed E-state index contributed by atoms with van der Waals surface area (Å²) in [6, 6.07) is 42.7. The maximum Gasteiger partial charge on any atom is 0.514 e. The van der Waals surface area contributed by atoms with Crippen molar-refractivity contribution in [2.45, 2.75) is 158 Å². The summed E-state index contributed by atoms with van der Waals surface area (Å²) in [7, 11) is 0.356. The number of ether oxygens (including phenoxy) is 6. The number of nitro groups is 1. The number of Topliss-reactive ketones (excluding diaryl/α,β-unsaturated/α-hetero) is 1. The van der Waals surface area contributed by atoms with E-state index >= 15 is 9.59 Å². The Balaban J connectivity index is 0.000000564. The lowest BCUT2D eigenvalue weighted by Crippen LogP contribution is -2.81. The molecule has 94 heavy (non-hydrogen) atoms. The first-order valence-corrected chi connectivity index (χ1v) is 35.9. The van der Waals surface area contributed by atoms with Crippen molar-refractivity contribution in [3.05, 3.63) is 207 Å². The number of nitrogens with one attached hydrogen (secondary N) is 1. The van der Waals surface area contributed by atoms with Crippen molar-refractivity contribution in [1.29, 1.82) is 0 Å². The van der Waals surface area contributed by atoms with Crippen molar-refractivity contribution in [1.82, 2.24) is 10.3 Å². The van der Waals surface area contributed by atoms with Crippen LogP contribution >= 0.6 is 21.6 Å². The van der Waals surface area contributed by atoms with Crippen LogP contribution < -0.4 is 10.1 Å². The number of hydrogen-bond acceptors (Lipinski definition) is 20. The monoisotopic (exact) mass is 1340 g/mol. The molecule has 6 aromatic rings. The molecule has 3 unspecified atom stereocenters. The second-order valence-electron chi connectivity index (χ2n) is 26.3. The fraction of sp³-hybridized carbons (Fsp3) is 0.394. The van der Waals surface area contributed by atoms with Crippen LogP contribution in [0.1, 0.15) is 113 Å². The Bertz CT molecular complexity index is 3770. The van der Waals surface area contributed by atoms with Gasteiger partial charge in [0.1, 0.15) is 46.6 Å². The van der Waals surface area contributed by atoms with E-state index in [1.54, 1.807) is 134 Å². The molecule has 1 aliphatic heterocycles. The van der Waals surface area contributed by atoms with E-state index < -0.39 is 131 Å². The van der Waals surface area contributed by atoms with Crippen LogP contribution in [0.3, 0.4) is 0 Å². The zero-order valence-corrected chi connectivity index (χ0v) is 56.9. The van der Waals surface area contributed by atoms with Gasteiger partial charge in [-0.3, -0.25) is 24.5 Å². The van der Waals surface area contributed by atoms with Crippen LogP contribution in [0.15, 0.2) is 185 Å². The first kappa shape index (κ1) is 70.3. The molecule has 0 spiro atoms. The quantitative estimate of drug-likeness (QED) is 0.0105. The molecule has 2 heterocycles. The number of carbonyl (C=O) groups is 6. The van der Waals surface area contributed by atoms with Crippen molar-refractivity contribution < 1.29 is 76.8 Å². The fourth-order valence-electron chi connectivity index (χ4n) is 13.2. The number of nitro benzene ring substituents is 1. The molecule has 20 nitrogen and oxygen atoms in total.